The highest BCUT2D eigenvalue weighted by Crippen LogP contribution is 2.30. The van der Waals surface area contributed by atoms with E-state index in [1.54, 1.807) is 17.6 Å². The number of hydrogen-bond acceptors (Lipinski definition) is 6. The van der Waals surface area contributed by atoms with Gasteiger partial charge in [0.1, 0.15) is 22.7 Å². The van der Waals surface area contributed by atoms with Gasteiger partial charge in [0.2, 0.25) is 5.91 Å². The van der Waals surface area contributed by atoms with Crippen LogP contribution in [-0.4, -0.2) is 34.0 Å². The summed E-state index contributed by atoms with van der Waals surface area (Å²) in [6, 6.07) is 13.9. The number of hydrogen-bond donors (Lipinski definition) is 1. The standard InChI is InChI=1S/C24H25N5O2S/c1-15-16(2)29(13-18-8-7-11-31-18)23(19(15)12-25)27-22(30)14-28(4)17(3)24-26-20-9-5-6-10-21(20)32-24/h5-11,17H,13-14H2,1-4H3,(H,27,30)/t17-/m1/s1. The second-order valence-corrected chi connectivity index (χ2v) is 8.93. The highest BCUT2D eigenvalue weighted by atomic mass is 32.1. The molecule has 0 spiro atoms. The number of thiazole rings is 1. The Morgan fingerprint density at radius 2 is 2.09 bits per heavy atom. The summed E-state index contributed by atoms with van der Waals surface area (Å²) in [4.78, 5) is 19.6. The highest BCUT2D eigenvalue weighted by molar-refractivity contribution is 7.18. The topological polar surface area (TPSA) is 87.1 Å². The smallest absolute Gasteiger partial charge is 0.239 e. The molecule has 0 aliphatic rings. The fourth-order valence-corrected chi connectivity index (χ4v) is 4.76. The molecule has 8 heteroatoms. The number of nitriles is 1. The predicted octanol–water partition coefficient (Wildman–Crippen LogP) is 4.86. The minimum atomic E-state index is -0.185. The number of anilines is 1. The summed E-state index contributed by atoms with van der Waals surface area (Å²) in [5, 5.41) is 13.6. The molecule has 1 N–H and O–H groups in total. The van der Waals surface area contributed by atoms with Crippen molar-refractivity contribution in [2.24, 2.45) is 0 Å². The number of carbonyl (C=O) groups is 1. The van der Waals surface area contributed by atoms with E-state index in [0.29, 0.717) is 17.9 Å². The number of nitrogens with one attached hydrogen (secondary N) is 1. The zero-order valence-corrected chi connectivity index (χ0v) is 19.4. The van der Waals surface area contributed by atoms with E-state index in [1.165, 1.54) is 0 Å². The van der Waals surface area contributed by atoms with E-state index < -0.39 is 0 Å². The number of likely N-dealkylation sites (N-methyl/N-ethyl adjacent to an activating group) is 1. The molecule has 1 aromatic carbocycles. The fourth-order valence-electron chi connectivity index (χ4n) is 3.68. The SMILES string of the molecule is Cc1c(C#N)c(NC(=O)CN(C)[C@H](C)c2nc3ccccc3s2)n(Cc2ccco2)c1C. The lowest BCUT2D eigenvalue weighted by atomic mass is 10.2. The Labute approximate surface area is 190 Å². The van der Waals surface area contributed by atoms with Crippen LogP contribution in [0.1, 0.15) is 40.6 Å². The first-order valence-electron chi connectivity index (χ1n) is 10.4. The van der Waals surface area contributed by atoms with Crippen molar-refractivity contribution in [1.29, 1.82) is 5.26 Å². The van der Waals surface area contributed by atoms with Crippen LogP contribution in [-0.2, 0) is 11.3 Å². The molecule has 0 unspecified atom stereocenters. The Morgan fingerprint density at radius 3 is 2.78 bits per heavy atom. The summed E-state index contributed by atoms with van der Waals surface area (Å²) in [5.41, 5.74) is 3.22. The number of aromatic nitrogens is 2. The summed E-state index contributed by atoms with van der Waals surface area (Å²) < 4.78 is 8.52. The molecule has 1 amide bonds. The van der Waals surface area contributed by atoms with Gasteiger partial charge in [-0.25, -0.2) is 4.98 Å². The molecule has 0 bridgehead atoms. The molecule has 3 aromatic heterocycles. The van der Waals surface area contributed by atoms with Gasteiger partial charge in [-0.2, -0.15) is 5.26 Å². The molecule has 1 atom stereocenters. The summed E-state index contributed by atoms with van der Waals surface area (Å²) >= 11 is 1.64. The number of fused-ring (bicyclic) bond motifs is 1. The van der Waals surface area contributed by atoms with Crippen molar-refractivity contribution in [2.45, 2.75) is 33.4 Å². The number of para-hydroxylation sites is 1. The van der Waals surface area contributed by atoms with E-state index in [-0.39, 0.29) is 18.5 Å². The molecule has 0 aliphatic heterocycles. The van der Waals surface area contributed by atoms with Crippen LogP contribution in [0.2, 0.25) is 0 Å². The van der Waals surface area contributed by atoms with Gasteiger partial charge < -0.3 is 14.3 Å². The first kappa shape index (κ1) is 21.8. The van der Waals surface area contributed by atoms with Gasteiger partial charge in [-0.15, -0.1) is 11.3 Å². The summed E-state index contributed by atoms with van der Waals surface area (Å²) in [5.74, 6) is 1.07. The van der Waals surface area contributed by atoms with Gasteiger partial charge in [0.25, 0.3) is 0 Å². The van der Waals surface area contributed by atoms with Gasteiger partial charge in [0.15, 0.2) is 0 Å². The Kier molecular flexibility index (Phi) is 6.12. The van der Waals surface area contributed by atoms with Gasteiger partial charge in [0, 0.05) is 5.69 Å². The van der Waals surface area contributed by atoms with E-state index in [1.807, 2.05) is 67.6 Å². The van der Waals surface area contributed by atoms with Crippen molar-refractivity contribution in [3.63, 3.8) is 0 Å². The number of amides is 1. The largest absolute Gasteiger partial charge is 0.467 e. The van der Waals surface area contributed by atoms with Gasteiger partial charge in [-0.1, -0.05) is 12.1 Å². The number of benzene rings is 1. The maximum atomic E-state index is 13.0. The molecule has 0 saturated heterocycles. The van der Waals surface area contributed by atoms with Gasteiger partial charge in [0.05, 0.1) is 41.2 Å². The van der Waals surface area contributed by atoms with Crippen LogP contribution in [0.3, 0.4) is 0 Å². The van der Waals surface area contributed by atoms with Crippen molar-refractivity contribution in [3.8, 4) is 6.07 Å². The van der Waals surface area contributed by atoms with Crippen molar-refractivity contribution >= 4 is 33.3 Å². The third kappa shape index (κ3) is 4.17. The van der Waals surface area contributed by atoms with Crippen LogP contribution in [0.15, 0.2) is 47.1 Å². The number of nitrogens with zero attached hydrogens (tertiary/aromatic N) is 4. The summed E-state index contributed by atoms with van der Waals surface area (Å²) in [7, 11) is 1.90. The average molecular weight is 448 g/mol. The quantitative estimate of drug-likeness (QED) is 0.437. The van der Waals surface area contributed by atoms with E-state index in [2.05, 4.69) is 17.5 Å². The number of furan rings is 1. The van der Waals surface area contributed by atoms with Crippen molar-refractivity contribution in [2.75, 3.05) is 18.9 Å². The zero-order valence-electron chi connectivity index (χ0n) is 18.5. The molecular formula is C24H25N5O2S. The fraction of sp³-hybridized carbons (Fsp3) is 0.292. The van der Waals surface area contributed by atoms with E-state index >= 15 is 0 Å². The summed E-state index contributed by atoms with van der Waals surface area (Å²) in [6.45, 7) is 6.49. The molecule has 0 fully saturated rings. The maximum Gasteiger partial charge on any atom is 0.239 e. The normalized spacial score (nSPS) is 12.2. The van der Waals surface area contributed by atoms with Crippen LogP contribution < -0.4 is 5.32 Å². The van der Waals surface area contributed by atoms with Crippen molar-refractivity contribution in [3.05, 3.63) is 70.3 Å². The first-order valence-corrected chi connectivity index (χ1v) is 11.2. The van der Waals surface area contributed by atoms with Crippen LogP contribution >= 0.6 is 11.3 Å². The lowest BCUT2D eigenvalue weighted by molar-refractivity contribution is -0.117. The lowest BCUT2D eigenvalue weighted by Gasteiger charge is -2.22. The maximum absolute atomic E-state index is 13.0. The molecule has 0 aliphatic carbocycles. The first-order chi connectivity index (χ1) is 15.4. The Balaban J connectivity index is 1.52. The highest BCUT2D eigenvalue weighted by Gasteiger charge is 2.23. The molecule has 32 heavy (non-hydrogen) atoms. The third-order valence-corrected chi connectivity index (χ3v) is 7.02. The average Bonchev–Trinajstić information content (AvgIpc) is 3.49. The number of carbonyl (C=O) groups excluding carboxylic acids is 1. The summed E-state index contributed by atoms with van der Waals surface area (Å²) in [6.07, 6.45) is 1.61. The van der Waals surface area contributed by atoms with Gasteiger partial charge in [-0.3, -0.25) is 9.69 Å². The second kappa shape index (κ2) is 8.99. The molecule has 3 heterocycles. The molecule has 0 radical (unpaired) electrons. The minimum Gasteiger partial charge on any atom is -0.467 e. The van der Waals surface area contributed by atoms with E-state index in [4.69, 9.17) is 9.40 Å². The molecule has 0 saturated carbocycles. The molecule has 164 valence electrons. The molecule has 7 nitrogen and oxygen atoms in total. The predicted molar refractivity (Wildman–Crippen MR) is 126 cm³/mol. The minimum absolute atomic E-state index is 0.0213. The van der Waals surface area contributed by atoms with Crippen LogP contribution in [0.4, 0.5) is 5.82 Å². The molecule has 4 aromatic rings. The molecule has 4 rings (SSSR count). The van der Waals surface area contributed by atoms with E-state index in [9.17, 15) is 10.1 Å². The van der Waals surface area contributed by atoms with Crippen LogP contribution in [0, 0.1) is 25.2 Å². The van der Waals surface area contributed by atoms with Crippen molar-refractivity contribution < 1.29 is 9.21 Å². The van der Waals surface area contributed by atoms with Crippen LogP contribution in [0.25, 0.3) is 10.2 Å². The zero-order chi connectivity index (χ0) is 22.8. The van der Waals surface area contributed by atoms with Crippen LogP contribution in [0.5, 0.6) is 0 Å². The van der Waals surface area contributed by atoms with Crippen molar-refractivity contribution in [1.82, 2.24) is 14.5 Å². The lowest BCUT2D eigenvalue weighted by Crippen LogP contribution is -2.33. The Morgan fingerprint density at radius 1 is 1.31 bits per heavy atom. The monoisotopic (exact) mass is 447 g/mol. The Bertz CT molecular complexity index is 1260. The number of rotatable bonds is 7. The third-order valence-electron chi connectivity index (χ3n) is 5.81. The van der Waals surface area contributed by atoms with E-state index in [0.717, 1.165) is 32.2 Å². The molecular weight excluding hydrogens is 422 g/mol. The van der Waals surface area contributed by atoms with Gasteiger partial charge >= 0.3 is 0 Å². The Hall–Kier alpha value is -3.41. The van der Waals surface area contributed by atoms with Gasteiger partial charge in [-0.05, 0) is 57.6 Å². The second-order valence-electron chi connectivity index (χ2n) is 7.87.